The van der Waals surface area contributed by atoms with Crippen LogP contribution in [0.25, 0.3) is 0 Å². The van der Waals surface area contributed by atoms with Crippen molar-refractivity contribution in [2.45, 2.75) is 18.0 Å². The van der Waals surface area contributed by atoms with Crippen LogP contribution in [-0.4, -0.2) is 36.5 Å². The van der Waals surface area contributed by atoms with Gasteiger partial charge in [0.15, 0.2) is 5.69 Å². The summed E-state index contributed by atoms with van der Waals surface area (Å²) in [5.74, 6) is -3.14. The minimum Gasteiger partial charge on any atom is -0.403 e. The molecule has 10 nitrogen and oxygen atoms in total. The number of hydrogen-bond donors (Lipinski definition) is 2. The zero-order valence-electron chi connectivity index (χ0n) is 17.3. The van der Waals surface area contributed by atoms with E-state index in [4.69, 9.17) is 14.8 Å². The number of nitriles is 1. The maximum atomic E-state index is 13.8. The summed E-state index contributed by atoms with van der Waals surface area (Å²) < 4.78 is 78.6. The largest absolute Gasteiger partial charge is 0.435 e. The molecule has 1 amide bonds. The van der Waals surface area contributed by atoms with Gasteiger partial charge in [-0.3, -0.25) is 4.79 Å². The maximum absolute atomic E-state index is 13.8. The second-order valence-electron chi connectivity index (χ2n) is 6.75. The molecule has 2 aromatic heterocycles. The quantitative estimate of drug-likeness (QED) is 0.401. The lowest BCUT2D eigenvalue weighted by molar-refractivity contribution is -0.142. The van der Waals surface area contributed by atoms with Crippen molar-refractivity contribution in [2.24, 2.45) is 0 Å². The first-order valence-corrected chi connectivity index (χ1v) is 11.0. The van der Waals surface area contributed by atoms with Gasteiger partial charge in [0, 0.05) is 16.8 Å². The van der Waals surface area contributed by atoms with Gasteiger partial charge in [0.05, 0.1) is 15.9 Å². The molecule has 176 valence electrons. The van der Waals surface area contributed by atoms with E-state index in [1.807, 2.05) is 0 Å². The Hall–Kier alpha value is -4.19. The van der Waals surface area contributed by atoms with Gasteiger partial charge in [-0.1, -0.05) is 6.07 Å². The molecule has 3 rings (SSSR count). The number of carbonyl (C=O) groups excluding carboxylic acids is 1. The standard InChI is InChI=1S/C19H13F4N7O3S/c1-9-13(16(31)27-11-4-3-5-12(6-11)34(2,25)32)17(30-29-14(9)19(21,22)23)33-18-26-8-10(7-24)15(20)28-18/h3-6,8,25H,1-2H3,(H,27,31). The number of ether oxygens (including phenoxy) is 1. The number of benzene rings is 1. The summed E-state index contributed by atoms with van der Waals surface area (Å²) in [5.41, 5.74) is -3.31. The third kappa shape index (κ3) is 5.23. The van der Waals surface area contributed by atoms with Gasteiger partial charge >= 0.3 is 12.2 Å². The minimum absolute atomic E-state index is 0.0284. The van der Waals surface area contributed by atoms with Gasteiger partial charge in [-0.15, -0.1) is 10.2 Å². The zero-order valence-corrected chi connectivity index (χ0v) is 18.1. The first-order valence-electron chi connectivity index (χ1n) is 9.01. The third-order valence-electron chi connectivity index (χ3n) is 4.25. The van der Waals surface area contributed by atoms with Crippen LogP contribution in [0.4, 0.5) is 23.2 Å². The molecule has 0 aliphatic carbocycles. The lowest BCUT2D eigenvalue weighted by Crippen LogP contribution is -2.21. The van der Waals surface area contributed by atoms with Gasteiger partial charge in [0.1, 0.15) is 17.2 Å². The molecule has 2 heterocycles. The van der Waals surface area contributed by atoms with Crippen LogP contribution < -0.4 is 10.1 Å². The topological polar surface area (TPSA) is 155 Å². The van der Waals surface area contributed by atoms with Crippen molar-refractivity contribution in [3.63, 3.8) is 0 Å². The Kier molecular flexibility index (Phi) is 6.46. The highest BCUT2D eigenvalue weighted by atomic mass is 32.2. The molecule has 1 aromatic carbocycles. The number of aromatic nitrogens is 4. The van der Waals surface area contributed by atoms with Crippen LogP contribution in [0.1, 0.15) is 27.2 Å². The van der Waals surface area contributed by atoms with Gasteiger partial charge in [-0.05, 0) is 30.7 Å². The van der Waals surface area contributed by atoms with Crippen molar-refractivity contribution < 1.29 is 31.3 Å². The summed E-state index contributed by atoms with van der Waals surface area (Å²) in [7, 11) is -3.14. The van der Waals surface area contributed by atoms with Crippen molar-refractivity contribution in [1.29, 1.82) is 10.0 Å². The number of halogens is 4. The Labute approximate surface area is 189 Å². The molecule has 0 radical (unpaired) electrons. The Morgan fingerprint density at radius 3 is 2.59 bits per heavy atom. The van der Waals surface area contributed by atoms with Gasteiger partial charge in [0.2, 0.25) is 5.95 Å². The van der Waals surface area contributed by atoms with Crippen molar-refractivity contribution >= 4 is 21.3 Å². The van der Waals surface area contributed by atoms with E-state index in [1.54, 1.807) is 0 Å². The highest BCUT2D eigenvalue weighted by Gasteiger charge is 2.38. The average Bonchev–Trinajstić information content (AvgIpc) is 2.72. The lowest BCUT2D eigenvalue weighted by atomic mass is 10.1. The fourth-order valence-electron chi connectivity index (χ4n) is 2.67. The molecule has 15 heteroatoms. The van der Waals surface area contributed by atoms with Crippen LogP contribution in [0.3, 0.4) is 0 Å². The number of nitrogens with one attached hydrogen (secondary N) is 2. The van der Waals surface area contributed by atoms with E-state index >= 15 is 0 Å². The van der Waals surface area contributed by atoms with Crippen LogP contribution in [0.2, 0.25) is 0 Å². The van der Waals surface area contributed by atoms with Gasteiger partial charge < -0.3 is 10.1 Å². The molecule has 0 saturated heterocycles. The molecule has 1 unspecified atom stereocenters. The van der Waals surface area contributed by atoms with E-state index in [2.05, 4.69) is 25.5 Å². The number of carbonyl (C=O) groups is 1. The Balaban J connectivity index is 2.07. The van der Waals surface area contributed by atoms with Crippen LogP contribution >= 0.6 is 0 Å². The van der Waals surface area contributed by atoms with E-state index in [1.165, 1.54) is 30.3 Å². The second kappa shape index (κ2) is 8.98. The first kappa shape index (κ1) is 24.5. The molecule has 34 heavy (non-hydrogen) atoms. The fraction of sp³-hybridized carbons (Fsp3) is 0.158. The molecule has 0 bridgehead atoms. The maximum Gasteiger partial charge on any atom is 0.435 e. The fourth-order valence-corrected chi connectivity index (χ4v) is 3.36. The van der Waals surface area contributed by atoms with Crippen LogP contribution in [0, 0.1) is 29.0 Å². The lowest BCUT2D eigenvalue weighted by Gasteiger charge is -2.15. The number of alkyl halides is 3. The van der Waals surface area contributed by atoms with Crippen LogP contribution in [0.15, 0.2) is 35.4 Å². The van der Waals surface area contributed by atoms with E-state index in [0.717, 1.165) is 19.4 Å². The normalized spacial score (nSPS) is 13.0. The monoisotopic (exact) mass is 495 g/mol. The molecular formula is C19H13F4N7O3S. The molecule has 0 fully saturated rings. The second-order valence-corrected chi connectivity index (χ2v) is 8.91. The molecule has 1 atom stereocenters. The molecule has 0 aliphatic heterocycles. The van der Waals surface area contributed by atoms with Gasteiger partial charge in [-0.25, -0.2) is 14.0 Å². The molecular weight excluding hydrogens is 482 g/mol. The summed E-state index contributed by atoms with van der Waals surface area (Å²) >= 11 is 0. The summed E-state index contributed by atoms with van der Waals surface area (Å²) in [5, 5.41) is 17.4. The Morgan fingerprint density at radius 2 is 2.00 bits per heavy atom. The summed E-state index contributed by atoms with van der Waals surface area (Å²) in [6.45, 7) is 0.957. The third-order valence-corrected chi connectivity index (χ3v) is 5.40. The van der Waals surface area contributed by atoms with E-state index in [9.17, 15) is 26.6 Å². The summed E-state index contributed by atoms with van der Waals surface area (Å²) in [6, 6.07) is 6.12. The smallest absolute Gasteiger partial charge is 0.403 e. The molecule has 2 N–H and O–H groups in total. The first-order chi connectivity index (χ1) is 15.8. The number of hydrogen-bond acceptors (Lipinski definition) is 9. The molecule has 3 aromatic rings. The molecule has 0 saturated carbocycles. The van der Waals surface area contributed by atoms with Crippen molar-refractivity contribution in [3.8, 4) is 18.0 Å². The zero-order chi connectivity index (χ0) is 25.3. The van der Waals surface area contributed by atoms with E-state index in [-0.39, 0.29) is 10.6 Å². The minimum atomic E-state index is -4.96. The molecule has 0 spiro atoms. The predicted molar refractivity (Wildman–Crippen MR) is 108 cm³/mol. The van der Waals surface area contributed by atoms with Gasteiger partial charge in [-0.2, -0.15) is 27.8 Å². The van der Waals surface area contributed by atoms with E-state index in [0.29, 0.717) is 0 Å². The van der Waals surface area contributed by atoms with Crippen LogP contribution in [0.5, 0.6) is 11.9 Å². The number of rotatable bonds is 5. The number of amides is 1. The molecule has 0 aliphatic rings. The SMILES string of the molecule is Cc1c(C(F)(F)F)nnc(Oc2ncc(C#N)c(F)n2)c1C(=O)Nc1cccc(S(C)(=N)=O)c1. The highest BCUT2D eigenvalue weighted by Crippen LogP contribution is 2.34. The number of nitrogens with zero attached hydrogens (tertiary/aromatic N) is 5. The van der Waals surface area contributed by atoms with Crippen LogP contribution in [-0.2, 0) is 15.9 Å². The Morgan fingerprint density at radius 1 is 1.29 bits per heavy atom. The summed E-state index contributed by atoms with van der Waals surface area (Å²) in [6.07, 6.45) is -3.03. The highest BCUT2D eigenvalue weighted by molar-refractivity contribution is 7.91. The van der Waals surface area contributed by atoms with Gasteiger partial charge in [0.25, 0.3) is 11.8 Å². The summed E-state index contributed by atoms with van der Waals surface area (Å²) in [4.78, 5) is 19.8. The van der Waals surface area contributed by atoms with Crippen molar-refractivity contribution in [2.75, 3.05) is 11.6 Å². The van der Waals surface area contributed by atoms with Crippen molar-refractivity contribution in [3.05, 3.63) is 58.8 Å². The predicted octanol–water partition coefficient (Wildman–Crippen LogP) is 3.68. The van der Waals surface area contributed by atoms with Crippen molar-refractivity contribution in [1.82, 2.24) is 20.2 Å². The van der Waals surface area contributed by atoms with E-state index < -0.39 is 62.0 Å². The number of anilines is 1. The average molecular weight is 495 g/mol. The Bertz CT molecular complexity index is 1440.